The monoisotopic (exact) mass is 244 g/mol. The van der Waals surface area contributed by atoms with Crippen molar-refractivity contribution in [1.82, 2.24) is 4.72 Å². The molecule has 1 aliphatic carbocycles. The van der Waals surface area contributed by atoms with Crippen molar-refractivity contribution in [1.29, 1.82) is 0 Å². The van der Waals surface area contributed by atoms with Gasteiger partial charge in [0.1, 0.15) is 5.82 Å². The van der Waals surface area contributed by atoms with Crippen LogP contribution in [0.15, 0.2) is 17.0 Å². The summed E-state index contributed by atoms with van der Waals surface area (Å²) in [5, 5.41) is 0. The van der Waals surface area contributed by atoms with E-state index in [9.17, 15) is 12.8 Å². The quantitative estimate of drug-likeness (QED) is 0.784. The van der Waals surface area contributed by atoms with Gasteiger partial charge in [-0.05, 0) is 31.9 Å². The van der Waals surface area contributed by atoms with Gasteiger partial charge in [0.05, 0.1) is 4.90 Å². The zero-order valence-electron chi connectivity index (χ0n) is 8.83. The maximum absolute atomic E-state index is 13.4. The van der Waals surface area contributed by atoms with Crippen LogP contribution in [0.5, 0.6) is 0 Å². The number of benzene rings is 1. The second-order valence-corrected chi connectivity index (χ2v) is 5.73. The van der Waals surface area contributed by atoms with Crippen LogP contribution in [0.4, 0.5) is 10.1 Å². The average Bonchev–Trinajstić information content (AvgIpc) is 2.96. The van der Waals surface area contributed by atoms with Crippen LogP contribution < -0.4 is 10.5 Å². The molecule has 1 aliphatic rings. The van der Waals surface area contributed by atoms with Crippen LogP contribution in [-0.4, -0.2) is 14.5 Å². The van der Waals surface area contributed by atoms with Crippen LogP contribution in [0.25, 0.3) is 0 Å². The first kappa shape index (κ1) is 11.3. The predicted molar refractivity (Wildman–Crippen MR) is 58.9 cm³/mol. The predicted octanol–water partition coefficient (Wildman–Crippen LogP) is 1.16. The molecule has 16 heavy (non-hydrogen) atoms. The molecule has 6 heteroatoms. The highest BCUT2D eigenvalue weighted by molar-refractivity contribution is 7.89. The van der Waals surface area contributed by atoms with Gasteiger partial charge >= 0.3 is 0 Å². The molecule has 0 unspecified atom stereocenters. The third-order valence-electron chi connectivity index (χ3n) is 2.57. The molecule has 0 bridgehead atoms. The van der Waals surface area contributed by atoms with Crippen molar-refractivity contribution in [3.63, 3.8) is 0 Å². The number of nitrogens with one attached hydrogen (secondary N) is 1. The van der Waals surface area contributed by atoms with Gasteiger partial charge < -0.3 is 5.73 Å². The van der Waals surface area contributed by atoms with Crippen LogP contribution in [-0.2, 0) is 10.0 Å². The molecule has 1 saturated carbocycles. The van der Waals surface area contributed by atoms with E-state index in [0.717, 1.165) is 18.9 Å². The van der Waals surface area contributed by atoms with Crippen LogP contribution in [0.1, 0.15) is 18.4 Å². The normalized spacial score (nSPS) is 16.4. The Balaban J connectivity index is 2.39. The van der Waals surface area contributed by atoms with Crippen molar-refractivity contribution in [3.05, 3.63) is 23.5 Å². The van der Waals surface area contributed by atoms with Crippen LogP contribution in [0.2, 0.25) is 0 Å². The van der Waals surface area contributed by atoms with E-state index in [4.69, 9.17) is 5.73 Å². The lowest BCUT2D eigenvalue weighted by atomic mass is 10.2. The summed E-state index contributed by atoms with van der Waals surface area (Å²) in [6, 6.07) is 2.27. The lowest BCUT2D eigenvalue weighted by Crippen LogP contribution is -2.26. The number of halogens is 1. The maximum Gasteiger partial charge on any atom is 0.240 e. The average molecular weight is 244 g/mol. The molecule has 0 spiro atoms. The molecular weight excluding hydrogens is 231 g/mol. The lowest BCUT2D eigenvalue weighted by molar-refractivity contribution is 0.576. The van der Waals surface area contributed by atoms with Gasteiger partial charge in [-0.15, -0.1) is 0 Å². The standard InChI is InChI=1S/C10H13FN2O2S/c1-6-9(11)4-8(5-10(6)12)16(14,15)13-7-2-3-7/h4-5,7,13H,2-3,12H2,1H3. The van der Waals surface area contributed by atoms with Gasteiger partial charge in [0.15, 0.2) is 0 Å². The summed E-state index contributed by atoms with van der Waals surface area (Å²) in [5.41, 5.74) is 5.95. The van der Waals surface area contributed by atoms with Gasteiger partial charge in [-0.2, -0.15) is 0 Å². The molecule has 2 rings (SSSR count). The Morgan fingerprint density at radius 1 is 1.44 bits per heavy atom. The first-order chi connectivity index (χ1) is 7.40. The molecule has 4 nitrogen and oxygen atoms in total. The summed E-state index contributed by atoms with van der Waals surface area (Å²) >= 11 is 0. The van der Waals surface area contributed by atoms with E-state index in [0.29, 0.717) is 0 Å². The summed E-state index contributed by atoms with van der Waals surface area (Å²) < 4.78 is 39.4. The summed E-state index contributed by atoms with van der Waals surface area (Å²) in [6.45, 7) is 1.51. The van der Waals surface area contributed by atoms with Crippen molar-refractivity contribution in [3.8, 4) is 0 Å². The number of sulfonamides is 1. The summed E-state index contributed by atoms with van der Waals surface area (Å²) in [6.07, 6.45) is 1.67. The zero-order chi connectivity index (χ0) is 11.9. The van der Waals surface area contributed by atoms with E-state index < -0.39 is 15.8 Å². The van der Waals surface area contributed by atoms with E-state index >= 15 is 0 Å². The Morgan fingerprint density at radius 2 is 2.06 bits per heavy atom. The maximum atomic E-state index is 13.4. The minimum Gasteiger partial charge on any atom is -0.398 e. The van der Waals surface area contributed by atoms with Crippen LogP contribution in [0.3, 0.4) is 0 Å². The third kappa shape index (κ3) is 2.17. The first-order valence-electron chi connectivity index (χ1n) is 4.98. The van der Waals surface area contributed by atoms with E-state index in [2.05, 4.69) is 4.72 Å². The van der Waals surface area contributed by atoms with Crippen molar-refractivity contribution < 1.29 is 12.8 Å². The summed E-state index contributed by atoms with van der Waals surface area (Å²) in [7, 11) is -3.63. The highest BCUT2D eigenvalue weighted by Gasteiger charge is 2.28. The SMILES string of the molecule is Cc1c(N)cc(S(=O)(=O)NC2CC2)cc1F. The topological polar surface area (TPSA) is 72.2 Å². The fourth-order valence-electron chi connectivity index (χ4n) is 1.32. The fraction of sp³-hybridized carbons (Fsp3) is 0.400. The Morgan fingerprint density at radius 3 is 2.56 bits per heavy atom. The van der Waals surface area contributed by atoms with Crippen molar-refractivity contribution in [2.45, 2.75) is 30.7 Å². The van der Waals surface area contributed by atoms with Crippen molar-refractivity contribution in [2.24, 2.45) is 0 Å². The molecule has 0 radical (unpaired) electrons. The molecule has 1 aromatic rings. The number of nitrogens with two attached hydrogens (primary N) is 1. The van der Waals surface area contributed by atoms with Gasteiger partial charge in [0.2, 0.25) is 10.0 Å². The molecule has 0 aromatic heterocycles. The number of anilines is 1. The summed E-state index contributed by atoms with van der Waals surface area (Å²) in [5.74, 6) is -0.601. The molecular formula is C10H13FN2O2S. The van der Waals surface area contributed by atoms with Crippen LogP contribution in [0, 0.1) is 12.7 Å². The Bertz CT molecular complexity index is 501. The Kier molecular flexibility index (Phi) is 2.63. The summed E-state index contributed by atoms with van der Waals surface area (Å²) in [4.78, 5) is -0.111. The van der Waals surface area contributed by atoms with Crippen molar-refractivity contribution >= 4 is 15.7 Å². The number of rotatable bonds is 3. The number of hydrogen-bond acceptors (Lipinski definition) is 3. The van der Waals surface area contributed by atoms with Gasteiger partial charge in [-0.1, -0.05) is 0 Å². The Labute approximate surface area is 93.7 Å². The highest BCUT2D eigenvalue weighted by Crippen LogP contribution is 2.25. The Hall–Kier alpha value is -1.14. The van der Waals surface area contributed by atoms with Gasteiger partial charge in [0.25, 0.3) is 0 Å². The van der Waals surface area contributed by atoms with Crippen molar-refractivity contribution in [2.75, 3.05) is 5.73 Å². The zero-order valence-corrected chi connectivity index (χ0v) is 9.64. The molecule has 0 atom stereocenters. The van der Waals surface area contributed by atoms with Crippen LogP contribution >= 0.6 is 0 Å². The van der Waals surface area contributed by atoms with E-state index in [-0.39, 0.29) is 22.2 Å². The molecule has 0 heterocycles. The molecule has 88 valence electrons. The third-order valence-corrected chi connectivity index (χ3v) is 4.07. The highest BCUT2D eigenvalue weighted by atomic mass is 32.2. The molecule has 3 N–H and O–H groups in total. The largest absolute Gasteiger partial charge is 0.398 e. The first-order valence-corrected chi connectivity index (χ1v) is 6.46. The minimum atomic E-state index is -3.63. The second-order valence-electron chi connectivity index (χ2n) is 4.01. The molecule has 0 amide bonds. The van der Waals surface area contributed by atoms with E-state index in [1.165, 1.54) is 13.0 Å². The fourth-order valence-corrected chi connectivity index (χ4v) is 2.67. The molecule has 1 aromatic carbocycles. The van der Waals surface area contributed by atoms with E-state index in [1.54, 1.807) is 0 Å². The lowest BCUT2D eigenvalue weighted by Gasteiger charge is -2.08. The molecule has 0 saturated heterocycles. The van der Waals surface area contributed by atoms with Gasteiger partial charge in [-0.25, -0.2) is 17.5 Å². The molecule has 0 aliphatic heterocycles. The minimum absolute atomic E-state index is 0.00408. The van der Waals surface area contributed by atoms with Gasteiger partial charge in [0, 0.05) is 17.3 Å². The van der Waals surface area contributed by atoms with Gasteiger partial charge in [-0.3, -0.25) is 0 Å². The smallest absolute Gasteiger partial charge is 0.240 e. The second kappa shape index (κ2) is 3.71. The number of nitrogen functional groups attached to an aromatic ring is 1. The van der Waals surface area contributed by atoms with E-state index in [1.807, 2.05) is 0 Å². The number of hydrogen-bond donors (Lipinski definition) is 2. The molecule has 1 fully saturated rings.